The minimum absolute atomic E-state index is 0.155. The summed E-state index contributed by atoms with van der Waals surface area (Å²) in [6, 6.07) is 10.5. The number of nitrogens with one attached hydrogen (secondary N) is 1. The molecule has 0 bridgehead atoms. The van der Waals surface area contributed by atoms with E-state index in [-0.39, 0.29) is 5.91 Å². The number of aryl methyl sites for hydroxylation is 1. The van der Waals surface area contributed by atoms with Crippen molar-refractivity contribution in [2.75, 3.05) is 11.1 Å². The van der Waals surface area contributed by atoms with Gasteiger partial charge < -0.3 is 11.1 Å². The van der Waals surface area contributed by atoms with Gasteiger partial charge in [0.2, 0.25) is 5.91 Å². The first-order chi connectivity index (χ1) is 9.95. The Labute approximate surface area is 138 Å². The van der Waals surface area contributed by atoms with Crippen molar-refractivity contribution in [2.45, 2.75) is 12.8 Å². The molecule has 0 aliphatic rings. The molecule has 0 spiro atoms. The van der Waals surface area contributed by atoms with E-state index in [1.54, 1.807) is 6.07 Å². The number of nitrogens with two attached hydrogens (primary N) is 1. The lowest BCUT2D eigenvalue weighted by molar-refractivity contribution is -0.116. The maximum Gasteiger partial charge on any atom is 0.224 e. The standard InChI is InChI=1S/C15H13Cl3N2O/c16-11-7-13(18)14(8-12(11)17)20-15(21)5-4-9-2-1-3-10(19)6-9/h1-3,6-8H,4-5,19H2,(H,20,21). The highest BCUT2D eigenvalue weighted by molar-refractivity contribution is 6.44. The minimum atomic E-state index is -0.155. The van der Waals surface area contributed by atoms with Gasteiger partial charge in [-0.05, 0) is 36.2 Å². The molecule has 2 aromatic carbocycles. The molecular weight excluding hydrogens is 331 g/mol. The zero-order valence-corrected chi connectivity index (χ0v) is 13.3. The van der Waals surface area contributed by atoms with Crippen molar-refractivity contribution in [2.24, 2.45) is 0 Å². The molecule has 0 atom stereocenters. The molecule has 110 valence electrons. The van der Waals surface area contributed by atoms with Crippen molar-refractivity contribution in [1.82, 2.24) is 0 Å². The van der Waals surface area contributed by atoms with Crippen molar-refractivity contribution in [3.05, 3.63) is 57.0 Å². The van der Waals surface area contributed by atoms with Crippen LogP contribution in [0.4, 0.5) is 11.4 Å². The summed E-state index contributed by atoms with van der Waals surface area (Å²) in [5.41, 5.74) is 7.83. The van der Waals surface area contributed by atoms with Crippen LogP contribution < -0.4 is 11.1 Å². The van der Waals surface area contributed by atoms with Gasteiger partial charge in [0.25, 0.3) is 0 Å². The van der Waals surface area contributed by atoms with Gasteiger partial charge in [-0.2, -0.15) is 0 Å². The van der Waals surface area contributed by atoms with Gasteiger partial charge in [-0.15, -0.1) is 0 Å². The first-order valence-corrected chi connectivity index (χ1v) is 7.38. The van der Waals surface area contributed by atoms with E-state index in [1.165, 1.54) is 12.1 Å². The Morgan fingerprint density at radius 1 is 1.05 bits per heavy atom. The molecule has 0 aromatic heterocycles. The molecule has 0 saturated heterocycles. The third-order valence-electron chi connectivity index (χ3n) is 2.88. The number of anilines is 2. The highest BCUT2D eigenvalue weighted by Crippen LogP contribution is 2.32. The van der Waals surface area contributed by atoms with E-state index in [2.05, 4.69) is 5.32 Å². The lowest BCUT2D eigenvalue weighted by atomic mass is 10.1. The number of carbonyl (C=O) groups is 1. The molecule has 0 heterocycles. The molecule has 0 fully saturated rings. The summed E-state index contributed by atoms with van der Waals surface area (Å²) in [5, 5.41) is 3.75. The first kappa shape index (κ1) is 16.0. The number of rotatable bonds is 4. The van der Waals surface area contributed by atoms with E-state index in [1.807, 2.05) is 18.2 Å². The van der Waals surface area contributed by atoms with E-state index < -0.39 is 0 Å². The van der Waals surface area contributed by atoms with Gasteiger partial charge in [-0.1, -0.05) is 46.9 Å². The third-order valence-corrected chi connectivity index (χ3v) is 3.91. The summed E-state index contributed by atoms with van der Waals surface area (Å²) in [6.45, 7) is 0. The van der Waals surface area contributed by atoms with Crippen LogP contribution in [0.3, 0.4) is 0 Å². The molecule has 1 amide bonds. The van der Waals surface area contributed by atoms with Crippen LogP contribution in [0.15, 0.2) is 36.4 Å². The summed E-state index contributed by atoms with van der Waals surface area (Å²) in [7, 11) is 0. The molecule has 0 saturated carbocycles. The van der Waals surface area contributed by atoms with Crippen LogP contribution in [-0.2, 0) is 11.2 Å². The van der Waals surface area contributed by atoms with Crippen LogP contribution in [0.5, 0.6) is 0 Å². The Morgan fingerprint density at radius 3 is 2.48 bits per heavy atom. The third kappa shape index (κ3) is 4.53. The van der Waals surface area contributed by atoms with Crippen molar-refractivity contribution in [3.63, 3.8) is 0 Å². The molecule has 6 heteroatoms. The predicted octanol–water partition coefficient (Wildman–Crippen LogP) is 4.80. The summed E-state index contributed by atoms with van der Waals surface area (Å²) < 4.78 is 0. The lowest BCUT2D eigenvalue weighted by Crippen LogP contribution is -2.12. The minimum Gasteiger partial charge on any atom is -0.399 e. The molecule has 3 N–H and O–H groups in total. The molecular formula is C15H13Cl3N2O. The van der Waals surface area contributed by atoms with Gasteiger partial charge in [0.1, 0.15) is 0 Å². The normalized spacial score (nSPS) is 10.4. The molecule has 0 unspecified atom stereocenters. The van der Waals surface area contributed by atoms with Crippen LogP contribution in [0, 0.1) is 0 Å². The molecule has 0 radical (unpaired) electrons. The Balaban J connectivity index is 1.97. The SMILES string of the molecule is Nc1cccc(CCC(=O)Nc2cc(Cl)c(Cl)cc2Cl)c1. The molecule has 2 aromatic rings. The second kappa shape index (κ2) is 7.03. The number of halogens is 3. The number of carbonyl (C=O) groups excluding carboxylic acids is 1. The Bertz CT molecular complexity index is 674. The highest BCUT2D eigenvalue weighted by atomic mass is 35.5. The number of benzene rings is 2. The highest BCUT2D eigenvalue weighted by Gasteiger charge is 2.09. The fourth-order valence-corrected chi connectivity index (χ4v) is 2.43. The molecule has 0 aliphatic heterocycles. The molecule has 0 aliphatic carbocycles. The predicted molar refractivity (Wildman–Crippen MR) is 89.3 cm³/mol. The summed E-state index contributed by atoms with van der Waals surface area (Å²) in [4.78, 5) is 11.9. The lowest BCUT2D eigenvalue weighted by Gasteiger charge is -2.09. The van der Waals surface area contributed by atoms with Gasteiger partial charge in [0.05, 0.1) is 20.8 Å². The second-order valence-corrected chi connectivity index (χ2v) is 5.76. The van der Waals surface area contributed by atoms with Crippen LogP contribution in [-0.4, -0.2) is 5.91 Å². The fourth-order valence-electron chi connectivity index (χ4n) is 1.84. The van der Waals surface area contributed by atoms with Gasteiger partial charge >= 0.3 is 0 Å². The van der Waals surface area contributed by atoms with Gasteiger partial charge in [-0.25, -0.2) is 0 Å². The first-order valence-electron chi connectivity index (χ1n) is 6.24. The van der Waals surface area contributed by atoms with Crippen molar-refractivity contribution < 1.29 is 4.79 Å². The Kier molecular flexibility index (Phi) is 5.34. The largest absolute Gasteiger partial charge is 0.399 e. The van der Waals surface area contributed by atoms with Gasteiger partial charge in [0, 0.05) is 12.1 Å². The molecule has 3 nitrogen and oxygen atoms in total. The topological polar surface area (TPSA) is 55.1 Å². The quantitative estimate of drug-likeness (QED) is 0.619. The van der Waals surface area contributed by atoms with Crippen LogP contribution in [0.25, 0.3) is 0 Å². The van der Waals surface area contributed by atoms with E-state index in [0.717, 1.165) is 5.56 Å². The van der Waals surface area contributed by atoms with E-state index in [9.17, 15) is 4.79 Å². The maximum atomic E-state index is 11.9. The average Bonchev–Trinajstić information content (AvgIpc) is 2.43. The van der Waals surface area contributed by atoms with Crippen LogP contribution >= 0.6 is 34.8 Å². The van der Waals surface area contributed by atoms with Crippen molar-refractivity contribution in [1.29, 1.82) is 0 Å². The monoisotopic (exact) mass is 342 g/mol. The van der Waals surface area contributed by atoms with Crippen molar-refractivity contribution >= 4 is 52.1 Å². The zero-order chi connectivity index (χ0) is 15.4. The Hall–Kier alpha value is -1.42. The average molecular weight is 344 g/mol. The zero-order valence-electron chi connectivity index (χ0n) is 11.0. The summed E-state index contributed by atoms with van der Waals surface area (Å²) in [5.74, 6) is -0.155. The fraction of sp³-hybridized carbons (Fsp3) is 0.133. The van der Waals surface area contributed by atoms with E-state index >= 15 is 0 Å². The maximum absolute atomic E-state index is 11.9. The van der Waals surface area contributed by atoms with Gasteiger partial charge in [0.15, 0.2) is 0 Å². The van der Waals surface area contributed by atoms with Crippen molar-refractivity contribution in [3.8, 4) is 0 Å². The van der Waals surface area contributed by atoms with Crippen LogP contribution in [0.2, 0.25) is 15.1 Å². The van der Waals surface area contributed by atoms with Gasteiger partial charge in [-0.3, -0.25) is 4.79 Å². The second-order valence-electron chi connectivity index (χ2n) is 4.54. The number of amides is 1. The number of hydrogen-bond donors (Lipinski definition) is 2. The van der Waals surface area contributed by atoms with E-state index in [0.29, 0.717) is 39.3 Å². The Morgan fingerprint density at radius 2 is 1.76 bits per heavy atom. The molecule has 21 heavy (non-hydrogen) atoms. The number of nitrogen functional groups attached to an aromatic ring is 1. The van der Waals surface area contributed by atoms with E-state index in [4.69, 9.17) is 40.5 Å². The smallest absolute Gasteiger partial charge is 0.224 e. The number of hydrogen-bond acceptors (Lipinski definition) is 2. The summed E-state index contributed by atoms with van der Waals surface area (Å²) >= 11 is 17.8. The van der Waals surface area contributed by atoms with Crippen LogP contribution in [0.1, 0.15) is 12.0 Å². The molecule has 2 rings (SSSR count). The summed E-state index contributed by atoms with van der Waals surface area (Å²) in [6.07, 6.45) is 0.913.